The summed E-state index contributed by atoms with van der Waals surface area (Å²) in [6.07, 6.45) is 5.07. The summed E-state index contributed by atoms with van der Waals surface area (Å²) in [6, 6.07) is 4.87. The van der Waals surface area contributed by atoms with Crippen molar-refractivity contribution >= 4 is 11.7 Å². The van der Waals surface area contributed by atoms with Crippen molar-refractivity contribution < 1.29 is 18.8 Å². The van der Waals surface area contributed by atoms with Crippen molar-refractivity contribution in [1.82, 2.24) is 10.1 Å². The van der Waals surface area contributed by atoms with E-state index in [0.29, 0.717) is 23.9 Å². The smallest absolute Gasteiger partial charge is 0.258 e. The number of nitrogens with zero attached hydrogens (tertiary/aromatic N) is 2. The molecule has 3 rings (SSSR count). The predicted octanol–water partition coefficient (Wildman–Crippen LogP) is 1.88. The normalized spacial score (nSPS) is 17.6. The van der Waals surface area contributed by atoms with E-state index in [9.17, 15) is 4.79 Å². The largest absolute Gasteiger partial charge is 0.475 e. The molecule has 1 N–H and O–H groups in total. The second-order valence-electron chi connectivity index (χ2n) is 4.67. The fourth-order valence-corrected chi connectivity index (χ4v) is 2.02. The Bertz CT molecular complexity index is 577. The minimum Gasteiger partial charge on any atom is -0.475 e. The van der Waals surface area contributed by atoms with Crippen LogP contribution in [0.15, 0.2) is 35.2 Å². The van der Waals surface area contributed by atoms with E-state index >= 15 is 0 Å². The third-order valence-corrected chi connectivity index (χ3v) is 3.12. The number of pyridine rings is 1. The van der Waals surface area contributed by atoms with Gasteiger partial charge >= 0.3 is 0 Å². The topological polar surface area (TPSA) is 86.5 Å². The van der Waals surface area contributed by atoms with E-state index < -0.39 is 0 Å². The van der Waals surface area contributed by atoms with Gasteiger partial charge in [0.05, 0.1) is 11.7 Å². The van der Waals surface area contributed by atoms with Crippen molar-refractivity contribution in [3.8, 4) is 5.88 Å². The molecule has 0 radical (unpaired) electrons. The van der Waals surface area contributed by atoms with Crippen LogP contribution in [0.25, 0.3) is 0 Å². The zero-order valence-corrected chi connectivity index (χ0v) is 11.3. The van der Waals surface area contributed by atoms with Gasteiger partial charge in [-0.1, -0.05) is 5.16 Å². The molecule has 0 saturated carbocycles. The molecular formula is C14H15N3O4. The second kappa shape index (κ2) is 6.36. The molecule has 1 saturated heterocycles. The number of rotatable bonds is 5. The quantitative estimate of drug-likeness (QED) is 0.904. The van der Waals surface area contributed by atoms with Crippen LogP contribution in [0.2, 0.25) is 0 Å². The summed E-state index contributed by atoms with van der Waals surface area (Å²) in [5, 5.41) is 6.20. The summed E-state index contributed by atoms with van der Waals surface area (Å²) in [7, 11) is 0. The Morgan fingerprint density at radius 3 is 3.05 bits per heavy atom. The van der Waals surface area contributed by atoms with Crippen LogP contribution in [-0.4, -0.2) is 35.4 Å². The fraction of sp³-hybridized carbons (Fsp3) is 0.357. The van der Waals surface area contributed by atoms with E-state index in [-0.39, 0.29) is 12.0 Å². The number of anilines is 1. The fourth-order valence-electron chi connectivity index (χ4n) is 2.02. The molecule has 1 fully saturated rings. The highest BCUT2D eigenvalue weighted by Crippen LogP contribution is 2.15. The Labute approximate surface area is 121 Å². The van der Waals surface area contributed by atoms with Crippen molar-refractivity contribution in [3.63, 3.8) is 0 Å². The Hall–Kier alpha value is -2.41. The first-order valence-electron chi connectivity index (χ1n) is 6.73. The number of aromatic nitrogens is 2. The summed E-state index contributed by atoms with van der Waals surface area (Å²) >= 11 is 0. The Morgan fingerprint density at radius 2 is 2.38 bits per heavy atom. The van der Waals surface area contributed by atoms with Crippen LogP contribution in [0, 0.1) is 0 Å². The van der Waals surface area contributed by atoms with Crippen molar-refractivity contribution in [2.45, 2.75) is 18.9 Å². The van der Waals surface area contributed by atoms with Crippen molar-refractivity contribution in [2.24, 2.45) is 0 Å². The first-order chi connectivity index (χ1) is 10.3. The van der Waals surface area contributed by atoms with E-state index in [1.165, 1.54) is 12.5 Å². The maximum absolute atomic E-state index is 11.9. The number of hydrogen-bond donors (Lipinski definition) is 1. The molecule has 2 aromatic heterocycles. The number of nitrogens with one attached hydrogen (secondary N) is 1. The molecule has 1 aliphatic heterocycles. The monoisotopic (exact) mass is 289 g/mol. The molecule has 2 aromatic rings. The molecule has 7 nitrogen and oxygen atoms in total. The van der Waals surface area contributed by atoms with Crippen LogP contribution >= 0.6 is 0 Å². The molecule has 1 aliphatic rings. The molecule has 1 amide bonds. The van der Waals surface area contributed by atoms with Crippen LogP contribution in [0.5, 0.6) is 5.88 Å². The Balaban J connectivity index is 1.54. The summed E-state index contributed by atoms with van der Waals surface area (Å²) in [4.78, 5) is 16.0. The van der Waals surface area contributed by atoms with Crippen LogP contribution < -0.4 is 10.1 Å². The highest BCUT2D eigenvalue weighted by atomic mass is 16.5. The third kappa shape index (κ3) is 3.57. The number of carbonyl (C=O) groups is 1. The van der Waals surface area contributed by atoms with Crippen molar-refractivity contribution in [1.29, 1.82) is 0 Å². The van der Waals surface area contributed by atoms with Gasteiger partial charge < -0.3 is 19.3 Å². The van der Waals surface area contributed by atoms with Gasteiger partial charge in [-0.15, -0.1) is 0 Å². The second-order valence-corrected chi connectivity index (χ2v) is 4.67. The van der Waals surface area contributed by atoms with Gasteiger partial charge in [-0.25, -0.2) is 4.98 Å². The van der Waals surface area contributed by atoms with Gasteiger partial charge in [0.2, 0.25) is 5.88 Å². The molecule has 3 heterocycles. The highest BCUT2D eigenvalue weighted by molar-refractivity contribution is 6.03. The summed E-state index contributed by atoms with van der Waals surface area (Å²) < 4.78 is 15.6. The predicted molar refractivity (Wildman–Crippen MR) is 73.2 cm³/mol. The first-order valence-corrected chi connectivity index (χ1v) is 6.73. The van der Waals surface area contributed by atoms with Crippen LogP contribution in [0.3, 0.4) is 0 Å². The lowest BCUT2D eigenvalue weighted by atomic mass is 10.2. The Morgan fingerprint density at radius 1 is 1.43 bits per heavy atom. The zero-order chi connectivity index (χ0) is 14.5. The molecule has 0 aliphatic carbocycles. The van der Waals surface area contributed by atoms with Gasteiger partial charge in [-0.2, -0.15) is 0 Å². The molecule has 0 aromatic carbocycles. The van der Waals surface area contributed by atoms with E-state index in [2.05, 4.69) is 20.0 Å². The molecular weight excluding hydrogens is 274 g/mol. The zero-order valence-electron chi connectivity index (χ0n) is 11.3. The average Bonchev–Trinajstić information content (AvgIpc) is 3.19. The third-order valence-electron chi connectivity index (χ3n) is 3.12. The van der Waals surface area contributed by atoms with Gasteiger partial charge in [0.15, 0.2) is 5.82 Å². The standard InChI is InChI=1S/C14H15N3O4/c18-14(16-12-5-7-21-17-12)10-3-4-13(15-8-10)20-9-11-2-1-6-19-11/h3-5,7-8,11H,1-2,6,9H2,(H,16,17,18)/t11-/m1/s1. The van der Waals surface area contributed by atoms with Crippen molar-refractivity contribution in [3.05, 3.63) is 36.2 Å². The minimum absolute atomic E-state index is 0.141. The van der Waals surface area contributed by atoms with E-state index in [0.717, 1.165) is 19.4 Å². The SMILES string of the molecule is O=C(Nc1ccon1)c1ccc(OC[C@H]2CCCO2)nc1. The molecule has 1 atom stereocenters. The van der Waals surface area contributed by atoms with Gasteiger partial charge in [0.25, 0.3) is 5.91 Å². The molecule has 7 heteroatoms. The maximum atomic E-state index is 11.9. The van der Waals surface area contributed by atoms with Crippen LogP contribution in [0.1, 0.15) is 23.2 Å². The molecule has 0 unspecified atom stereocenters. The van der Waals surface area contributed by atoms with Gasteiger partial charge in [-0.05, 0) is 18.9 Å². The van der Waals surface area contributed by atoms with Crippen LogP contribution in [-0.2, 0) is 4.74 Å². The van der Waals surface area contributed by atoms with Crippen LogP contribution in [0.4, 0.5) is 5.82 Å². The summed E-state index contributed by atoms with van der Waals surface area (Å²) in [6.45, 7) is 1.28. The van der Waals surface area contributed by atoms with E-state index in [1.54, 1.807) is 18.2 Å². The van der Waals surface area contributed by atoms with Gasteiger partial charge in [0.1, 0.15) is 12.9 Å². The number of carbonyl (C=O) groups excluding carboxylic acids is 1. The lowest BCUT2D eigenvalue weighted by Gasteiger charge is -2.10. The lowest BCUT2D eigenvalue weighted by molar-refractivity contribution is 0.0663. The minimum atomic E-state index is -0.304. The number of hydrogen-bond acceptors (Lipinski definition) is 6. The Kier molecular flexibility index (Phi) is 4.11. The van der Waals surface area contributed by atoms with Gasteiger partial charge in [0, 0.05) is 24.9 Å². The maximum Gasteiger partial charge on any atom is 0.258 e. The molecule has 0 bridgehead atoms. The summed E-state index contributed by atoms with van der Waals surface area (Å²) in [5.74, 6) is 0.532. The number of amides is 1. The first kappa shape index (κ1) is 13.6. The summed E-state index contributed by atoms with van der Waals surface area (Å²) in [5.41, 5.74) is 0.419. The molecule has 0 spiro atoms. The molecule has 110 valence electrons. The van der Waals surface area contributed by atoms with E-state index in [1.807, 2.05) is 0 Å². The highest BCUT2D eigenvalue weighted by Gasteiger charge is 2.16. The van der Waals surface area contributed by atoms with E-state index in [4.69, 9.17) is 9.47 Å². The average molecular weight is 289 g/mol. The molecule has 21 heavy (non-hydrogen) atoms. The number of ether oxygens (including phenoxy) is 2. The van der Waals surface area contributed by atoms with Gasteiger partial charge in [-0.3, -0.25) is 4.79 Å². The van der Waals surface area contributed by atoms with Crippen molar-refractivity contribution in [2.75, 3.05) is 18.5 Å². The lowest BCUT2D eigenvalue weighted by Crippen LogP contribution is -2.17.